The average molecular weight is 943 g/mol. The fourth-order valence-corrected chi connectivity index (χ4v) is 9.53. The number of unbranched alkanes of at least 4 members (excludes halogenated alkanes) is 43. The second-order valence-electron chi connectivity index (χ2n) is 21.0. The van der Waals surface area contributed by atoms with Crippen molar-refractivity contribution < 1.29 is 20.1 Å². The SMILES string of the molecule is CCCCCCCCCCCCCCC/C=C/CC/C=C/C(O)C(CO)NC(=O)CC(O)CCCCCCCCCCCCCCCCC/C=C\CCCCCCCCCCCCCCCC. The summed E-state index contributed by atoms with van der Waals surface area (Å²) in [7, 11) is 0. The van der Waals surface area contributed by atoms with Crippen molar-refractivity contribution >= 4 is 5.91 Å². The number of hydrogen-bond acceptors (Lipinski definition) is 4. The average Bonchev–Trinajstić information content (AvgIpc) is 3.32. The standard InChI is InChI=1S/C62H119NO4/c1-3-5-7-9-11-13-15-17-19-21-23-24-25-26-27-28-29-30-31-32-33-34-35-36-38-39-41-43-45-47-49-51-53-55-59(65)57-62(67)63-60(58-64)61(66)56-54-52-50-48-46-44-42-40-37-22-20-18-16-14-12-10-8-6-4-2/h28-29,46,48,54,56,59-61,64-66H,3-27,30-45,47,49-53,55,57-58H2,1-2H3,(H,63,67)/b29-28-,48-46+,56-54+. The van der Waals surface area contributed by atoms with Crippen molar-refractivity contribution in [2.45, 2.75) is 347 Å². The summed E-state index contributed by atoms with van der Waals surface area (Å²) < 4.78 is 0. The quantitative estimate of drug-likeness (QED) is 0.0361. The van der Waals surface area contributed by atoms with E-state index in [-0.39, 0.29) is 18.9 Å². The van der Waals surface area contributed by atoms with E-state index in [4.69, 9.17) is 0 Å². The Balaban J connectivity index is 3.53. The van der Waals surface area contributed by atoms with Gasteiger partial charge >= 0.3 is 0 Å². The van der Waals surface area contributed by atoms with Crippen molar-refractivity contribution in [2.75, 3.05) is 6.61 Å². The van der Waals surface area contributed by atoms with Crippen molar-refractivity contribution in [1.82, 2.24) is 5.32 Å². The van der Waals surface area contributed by atoms with Gasteiger partial charge in [-0.25, -0.2) is 0 Å². The van der Waals surface area contributed by atoms with E-state index in [0.717, 1.165) is 32.1 Å². The number of aliphatic hydroxyl groups excluding tert-OH is 3. The van der Waals surface area contributed by atoms with Crippen LogP contribution in [0.2, 0.25) is 0 Å². The largest absolute Gasteiger partial charge is 0.394 e. The molecule has 0 saturated heterocycles. The van der Waals surface area contributed by atoms with Crippen LogP contribution in [-0.4, -0.2) is 46.1 Å². The Morgan fingerprint density at radius 2 is 0.642 bits per heavy atom. The minimum atomic E-state index is -0.952. The highest BCUT2D eigenvalue weighted by Gasteiger charge is 2.20. The number of amides is 1. The van der Waals surface area contributed by atoms with E-state index in [1.807, 2.05) is 6.08 Å². The van der Waals surface area contributed by atoms with Crippen molar-refractivity contribution in [3.8, 4) is 0 Å². The molecule has 5 heteroatoms. The van der Waals surface area contributed by atoms with Gasteiger partial charge in [0.25, 0.3) is 0 Å². The Hall–Kier alpha value is -1.43. The van der Waals surface area contributed by atoms with E-state index < -0.39 is 18.2 Å². The molecule has 1 amide bonds. The molecule has 0 aliphatic rings. The summed E-state index contributed by atoms with van der Waals surface area (Å²) in [4.78, 5) is 12.5. The van der Waals surface area contributed by atoms with E-state index in [2.05, 4.69) is 43.5 Å². The molecule has 0 fully saturated rings. The van der Waals surface area contributed by atoms with Gasteiger partial charge in [-0.1, -0.05) is 301 Å². The van der Waals surface area contributed by atoms with Crippen molar-refractivity contribution in [3.63, 3.8) is 0 Å². The van der Waals surface area contributed by atoms with Gasteiger partial charge in [-0.3, -0.25) is 4.79 Å². The molecule has 3 atom stereocenters. The number of aliphatic hydroxyl groups is 3. The number of rotatable bonds is 56. The summed E-state index contributed by atoms with van der Waals surface area (Å²) in [5.74, 6) is -0.321. The lowest BCUT2D eigenvalue weighted by Crippen LogP contribution is -2.45. The highest BCUT2D eigenvalue weighted by atomic mass is 16.3. The normalized spacial score (nSPS) is 13.4. The zero-order chi connectivity index (χ0) is 48.6. The first-order valence-electron chi connectivity index (χ1n) is 30.3. The van der Waals surface area contributed by atoms with Crippen LogP contribution < -0.4 is 5.32 Å². The highest BCUT2D eigenvalue weighted by Crippen LogP contribution is 2.18. The summed E-state index contributed by atoms with van der Waals surface area (Å²) in [5, 5.41) is 33.5. The molecule has 0 aromatic carbocycles. The van der Waals surface area contributed by atoms with Gasteiger partial charge in [-0.05, 0) is 57.8 Å². The van der Waals surface area contributed by atoms with Crippen LogP contribution in [0.4, 0.5) is 0 Å². The number of carbonyl (C=O) groups is 1. The van der Waals surface area contributed by atoms with Crippen LogP contribution >= 0.6 is 0 Å². The lowest BCUT2D eigenvalue weighted by molar-refractivity contribution is -0.124. The lowest BCUT2D eigenvalue weighted by atomic mass is 10.0. The fourth-order valence-electron chi connectivity index (χ4n) is 9.53. The predicted octanol–water partition coefficient (Wildman–Crippen LogP) is 19.0. The summed E-state index contributed by atoms with van der Waals surface area (Å²) in [6.07, 6.45) is 75.0. The zero-order valence-electron chi connectivity index (χ0n) is 45.3. The molecule has 0 heterocycles. The van der Waals surface area contributed by atoms with Gasteiger partial charge in [-0.15, -0.1) is 0 Å². The number of nitrogens with one attached hydrogen (secondary N) is 1. The molecule has 0 aromatic rings. The minimum absolute atomic E-state index is 0.00815. The molecule has 0 spiro atoms. The highest BCUT2D eigenvalue weighted by molar-refractivity contribution is 5.76. The van der Waals surface area contributed by atoms with E-state index in [9.17, 15) is 20.1 Å². The molecule has 3 unspecified atom stereocenters. The summed E-state index contributed by atoms with van der Waals surface area (Å²) in [5.41, 5.74) is 0. The third kappa shape index (κ3) is 53.8. The van der Waals surface area contributed by atoms with Crippen LogP contribution in [0.3, 0.4) is 0 Å². The molecular weight excluding hydrogens is 823 g/mol. The minimum Gasteiger partial charge on any atom is -0.394 e. The Morgan fingerprint density at radius 3 is 0.955 bits per heavy atom. The summed E-state index contributed by atoms with van der Waals surface area (Å²) >= 11 is 0. The van der Waals surface area contributed by atoms with E-state index in [0.29, 0.717) is 6.42 Å². The Morgan fingerprint density at radius 1 is 0.373 bits per heavy atom. The molecule has 4 N–H and O–H groups in total. The second-order valence-corrected chi connectivity index (χ2v) is 21.0. The van der Waals surface area contributed by atoms with Crippen molar-refractivity contribution in [3.05, 3.63) is 36.5 Å². The molecule has 0 aliphatic heterocycles. The van der Waals surface area contributed by atoms with Gasteiger partial charge in [0.2, 0.25) is 5.91 Å². The molecule has 0 saturated carbocycles. The Kier molecular flexibility index (Phi) is 55.9. The van der Waals surface area contributed by atoms with E-state index in [1.165, 1.54) is 270 Å². The molecule has 0 rings (SSSR count). The molecule has 0 aliphatic carbocycles. The lowest BCUT2D eigenvalue weighted by Gasteiger charge is -2.21. The smallest absolute Gasteiger partial charge is 0.222 e. The van der Waals surface area contributed by atoms with Crippen LogP contribution in [0.5, 0.6) is 0 Å². The molecule has 5 nitrogen and oxygen atoms in total. The zero-order valence-corrected chi connectivity index (χ0v) is 45.3. The molecule has 0 aromatic heterocycles. The van der Waals surface area contributed by atoms with Gasteiger partial charge in [0.1, 0.15) is 0 Å². The van der Waals surface area contributed by atoms with E-state index in [1.54, 1.807) is 6.08 Å². The number of carbonyl (C=O) groups excluding carboxylic acids is 1. The van der Waals surface area contributed by atoms with Crippen molar-refractivity contribution in [1.29, 1.82) is 0 Å². The Labute approximate surface area is 419 Å². The van der Waals surface area contributed by atoms with Gasteiger partial charge in [0.15, 0.2) is 0 Å². The maximum absolute atomic E-state index is 12.5. The van der Waals surface area contributed by atoms with Gasteiger partial charge in [0.05, 0.1) is 31.3 Å². The van der Waals surface area contributed by atoms with Crippen molar-refractivity contribution in [2.24, 2.45) is 0 Å². The number of allylic oxidation sites excluding steroid dienone is 5. The van der Waals surface area contributed by atoms with Crippen LogP contribution in [0.15, 0.2) is 36.5 Å². The Bertz CT molecular complexity index is 1040. The first kappa shape index (κ1) is 65.6. The molecule has 396 valence electrons. The van der Waals surface area contributed by atoms with Crippen LogP contribution in [0.25, 0.3) is 0 Å². The maximum atomic E-state index is 12.5. The van der Waals surface area contributed by atoms with E-state index >= 15 is 0 Å². The molecule has 0 bridgehead atoms. The third-order valence-electron chi connectivity index (χ3n) is 14.1. The van der Waals surface area contributed by atoms with Gasteiger partial charge in [-0.2, -0.15) is 0 Å². The monoisotopic (exact) mass is 942 g/mol. The summed E-state index contributed by atoms with van der Waals surface area (Å²) in [6, 6.07) is -0.761. The third-order valence-corrected chi connectivity index (χ3v) is 14.1. The first-order valence-corrected chi connectivity index (χ1v) is 30.3. The molecule has 0 radical (unpaired) electrons. The maximum Gasteiger partial charge on any atom is 0.222 e. The number of hydrogen-bond donors (Lipinski definition) is 4. The van der Waals surface area contributed by atoms with Gasteiger partial charge in [0, 0.05) is 0 Å². The van der Waals surface area contributed by atoms with Gasteiger partial charge < -0.3 is 20.6 Å². The first-order chi connectivity index (χ1) is 33.0. The second kappa shape index (κ2) is 57.2. The fraction of sp³-hybridized carbons (Fsp3) is 0.887. The summed E-state index contributed by atoms with van der Waals surface area (Å²) in [6.45, 7) is 4.24. The predicted molar refractivity (Wildman–Crippen MR) is 296 cm³/mol. The van der Waals surface area contributed by atoms with Crippen LogP contribution in [0.1, 0.15) is 328 Å². The molecular formula is C62H119NO4. The van der Waals surface area contributed by atoms with Crippen LogP contribution in [0, 0.1) is 0 Å². The molecule has 67 heavy (non-hydrogen) atoms. The van der Waals surface area contributed by atoms with Crippen LogP contribution in [-0.2, 0) is 4.79 Å². The topological polar surface area (TPSA) is 89.8 Å².